The normalized spacial score (nSPS) is 15.5. The van der Waals surface area contributed by atoms with Gasteiger partial charge in [-0.05, 0) is 34.1 Å². The lowest BCUT2D eigenvalue weighted by molar-refractivity contribution is -0.132. The molecule has 0 aromatic heterocycles. The predicted molar refractivity (Wildman–Crippen MR) is 77.9 cm³/mol. The third kappa shape index (κ3) is 6.57. The van der Waals surface area contributed by atoms with Crippen LogP contribution >= 0.6 is 0 Å². The van der Waals surface area contributed by atoms with Crippen molar-refractivity contribution in [2.75, 3.05) is 13.6 Å². The topological polar surface area (TPSA) is 61.4 Å². The molecule has 0 aliphatic rings. The zero-order valence-corrected chi connectivity index (χ0v) is 13.1. The minimum atomic E-state index is -0.372. The van der Waals surface area contributed by atoms with E-state index in [2.05, 4.69) is 17.6 Å². The highest BCUT2D eigenvalue weighted by atomic mass is 16.2. The Morgan fingerprint density at radius 1 is 1.11 bits per heavy atom. The zero-order valence-electron chi connectivity index (χ0n) is 13.1. The number of rotatable bonds is 8. The molecule has 0 saturated carbocycles. The second kappa shape index (κ2) is 8.91. The molecule has 0 spiro atoms. The Balaban J connectivity index is 4.25. The molecule has 0 saturated heterocycles. The molecule has 0 aromatic rings. The minimum Gasteiger partial charge on any atom is -0.352 e. The van der Waals surface area contributed by atoms with Crippen LogP contribution in [-0.2, 0) is 9.59 Å². The summed E-state index contributed by atoms with van der Waals surface area (Å²) in [5.41, 5.74) is 0. The van der Waals surface area contributed by atoms with Gasteiger partial charge >= 0.3 is 0 Å². The van der Waals surface area contributed by atoms with Gasteiger partial charge in [-0.2, -0.15) is 0 Å². The van der Waals surface area contributed by atoms with E-state index < -0.39 is 0 Å². The minimum absolute atomic E-state index is 0.00348. The van der Waals surface area contributed by atoms with Crippen LogP contribution in [0.2, 0.25) is 0 Å². The highest BCUT2D eigenvalue weighted by Gasteiger charge is 2.22. The van der Waals surface area contributed by atoms with E-state index in [-0.39, 0.29) is 29.9 Å². The maximum atomic E-state index is 11.9. The SMILES string of the molecule is CCCC(C)NC(=O)C(C)NC(C)C(=O)N(C)CC. The summed E-state index contributed by atoms with van der Waals surface area (Å²) in [6.07, 6.45) is 2.00. The molecule has 5 nitrogen and oxygen atoms in total. The van der Waals surface area contributed by atoms with Crippen molar-refractivity contribution in [2.45, 2.75) is 65.6 Å². The van der Waals surface area contributed by atoms with E-state index >= 15 is 0 Å². The molecule has 0 aliphatic heterocycles. The van der Waals surface area contributed by atoms with Crippen LogP contribution in [0.5, 0.6) is 0 Å². The molecule has 19 heavy (non-hydrogen) atoms. The summed E-state index contributed by atoms with van der Waals surface area (Å²) in [6.45, 7) is 10.2. The van der Waals surface area contributed by atoms with Gasteiger partial charge in [-0.15, -0.1) is 0 Å². The lowest BCUT2D eigenvalue weighted by Crippen LogP contribution is -2.52. The third-order valence-electron chi connectivity index (χ3n) is 3.22. The smallest absolute Gasteiger partial charge is 0.239 e. The molecular formula is C14H29N3O2. The van der Waals surface area contributed by atoms with Crippen LogP contribution in [0.25, 0.3) is 0 Å². The van der Waals surface area contributed by atoms with Crippen molar-refractivity contribution in [3.8, 4) is 0 Å². The number of hydrogen-bond acceptors (Lipinski definition) is 3. The lowest BCUT2D eigenvalue weighted by Gasteiger charge is -2.24. The molecular weight excluding hydrogens is 242 g/mol. The molecule has 3 atom stereocenters. The number of hydrogen-bond donors (Lipinski definition) is 2. The molecule has 0 fully saturated rings. The van der Waals surface area contributed by atoms with Gasteiger partial charge in [0.05, 0.1) is 12.1 Å². The summed E-state index contributed by atoms with van der Waals surface area (Å²) in [5.74, 6) is -0.0523. The van der Waals surface area contributed by atoms with Crippen molar-refractivity contribution in [1.82, 2.24) is 15.5 Å². The molecule has 0 radical (unpaired) electrons. The van der Waals surface area contributed by atoms with E-state index in [1.165, 1.54) is 0 Å². The summed E-state index contributed by atoms with van der Waals surface area (Å²) in [6, 6.07) is -0.554. The molecule has 3 unspecified atom stereocenters. The largest absolute Gasteiger partial charge is 0.352 e. The second-order valence-electron chi connectivity index (χ2n) is 5.16. The highest BCUT2D eigenvalue weighted by molar-refractivity contribution is 5.84. The number of likely N-dealkylation sites (N-methyl/N-ethyl adjacent to an activating group) is 1. The average molecular weight is 271 g/mol. The molecule has 5 heteroatoms. The molecule has 0 rings (SSSR count). The molecule has 0 bridgehead atoms. The van der Waals surface area contributed by atoms with Gasteiger partial charge in [0.25, 0.3) is 0 Å². The van der Waals surface area contributed by atoms with Crippen molar-refractivity contribution in [3.63, 3.8) is 0 Å². The Labute approximate surface area is 117 Å². The molecule has 0 aromatic carbocycles. The summed E-state index contributed by atoms with van der Waals surface area (Å²) in [7, 11) is 1.76. The van der Waals surface area contributed by atoms with Gasteiger partial charge in [0.15, 0.2) is 0 Å². The maximum absolute atomic E-state index is 11.9. The van der Waals surface area contributed by atoms with Crippen molar-refractivity contribution < 1.29 is 9.59 Å². The van der Waals surface area contributed by atoms with E-state index in [1.54, 1.807) is 25.8 Å². The van der Waals surface area contributed by atoms with Crippen LogP contribution < -0.4 is 10.6 Å². The van der Waals surface area contributed by atoms with Gasteiger partial charge in [-0.25, -0.2) is 0 Å². The van der Waals surface area contributed by atoms with Gasteiger partial charge in [-0.3, -0.25) is 14.9 Å². The maximum Gasteiger partial charge on any atom is 0.239 e. The first-order valence-electron chi connectivity index (χ1n) is 7.14. The highest BCUT2D eigenvalue weighted by Crippen LogP contribution is 1.98. The number of nitrogens with zero attached hydrogens (tertiary/aromatic N) is 1. The van der Waals surface area contributed by atoms with E-state index in [1.807, 2.05) is 13.8 Å². The van der Waals surface area contributed by atoms with Gasteiger partial charge < -0.3 is 10.2 Å². The number of carbonyl (C=O) groups is 2. The predicted octanol–water partition coefficient (Wildman–Crippen LogP) is 1.14. The Morgan fingerprint density at radius 2 is 1.68 bits per heavy atom. The van der Waals surface area contributed by atoms with Crippen LogP contribution in [-0.4, -0.2) is 48.4 Å². The van der Waals surface area contributed by atoms with Crippen LogP contribution in [0.15, 0.2) is 0 Å². The standard InChI is InChI=1S/C14H29N3O2/c1-7-9-10(3)15-13(18)11(4)16-12(5)14(19)17(6)8-2/h10-12,16H,7-9H2,1-6H3,(H,15,18). The molecule has 112 valence electrons. The van der Waals surface area contributed by atoms with Crippen LogP contribution in [0.1, 0.15) is 47.5 Å². The van der Waals surface area contributed by atoms with Crippen molar-refractivity contribution in [1.29, 1.82) is 0 Å². The Hall–Kier alpha value is -1.10. The van der Waals surface area contributed by atoms with E-state index in [9.17, 15) is 9.59 Å². The Bertz CT molecular complexity index is 294. The summed E-state index contributed by atoms with van der Waals surface area (Å²) < 4.78 is 0. The fourth-order valence-electron chi connectivity index (χ4n) is 1.88. The van der Waals surface area contributed by atoms with Gasteiger partial charge in [-0.1, -0.05) is 13.3 Å². The zero-order chi connectivity index (χ0) is 15.0. The number of amides is 2. The number of nitrogens with one attached hydrogen (secondary N) is 2. The van der Waals surface area contributed by atoms with Gasteiger partial charge in [0.2, 0.25) is 11.8 Å². The monoisotopic (exact) mass is 271 g/mol. The Morgan fingerprint density at radius 3 is 2.16 bits per heavy atom. The second-order valence-corrected chi connectivity index (χ2v) is 5.16. The first-order valence-corrected chi connectivity index (χ1v) is 7.14. The van der Waals surface area contributed by atoms with E-state index in [0.717, 1.165) is 12.8 Å². The summed E-state index contributed by atoms with van der Waals surface area (Å²) >= 11 is 0. The molecule has 0 heterocycles. The van der Waals surface area contributed by atoms with Crippen molar-refractivity contribution in [3.05, 3.63) is 0 Å². The number of carbonyl (C=O) groups excluding carboxylic acids is 2. The summed E-state index contributed by atoms with van der Waals surface area (Å²) in [4.78, 5) is 25.5. The molecule has 2 amide bonds. The molecule has 0 aliphatic carbocycles. The first kappa shape index (κ1) is 17.9. The van der Waals surface area contributed by atoms with E-state index in [0.29, 0.717) is 6.54 Å². The molecule has 2 N–H and O–H groups in total. The van der Waals surface area contributed by atoms with Crippen LogP contribution in [0, 0.1) is 0 Å². The van der Waals surface area contributed by atoms with Crippen LogP contribution in [0.3, 0.4) is 0 Å². The van der Waals surface area contributed by atoms with Crippen molar-refractivity contribution >= 4 is 11.8 Å². The quantitative estimate of drug-likeness (QED) is 0.696. The van der Waals surface area contributed by atoms with Crippen LogP contribution in [0.4, 0.5) is 0 Å². The van der Waals surface area contributed by atoms with Gasteiger partial charge in [0, 0.05) is 19.6 Å². The fourth-order valence-corrected chi connectivity index (χ4v) is 1.88. The lowest BCUT2D eigenvalue weighted by atomic mass is 10.1. The van der Waals surface area contributed by atoms with Crippen molar-refractivity contribution in [2.24, 2.45) is 0 Å². The third-order valence-corrected chi connectivity index (χ3v) is 3.22. The van der Waals surface area contributed by atoms with Gasteiger partial charge in [0.1, 0.15) is 0 Å². The first-order chi connectivity index (χ1) is 8.83. The Kier molecular flexibility index (Phi) is 8.39. The summed E-state index contributed by atoms with van der Waals surface area (Å²) in [5, 5.41) is 5.98. The van der Waals surface area contributed by atoms with E-state index in [4.69, 9.17) is 0 Å². The fraction of sp³-hybridized carbons (Fsp3) is 0.857. The average Bonchev–Trinajstić information content (AvgIpc) is 2.36.